The summed E-state index contributed by atoms with van der Waals surface area (Å²) in [6.07, 6.45) is 4.76. The number of hydrogen-bond acceptors (Lipinski definition) is 2. The average molecular weight is 278 g/mol. The van der Waals surface area contributed by atoms with Crippen LogP contribution >= 0.6 is 0 Å². The Balaban J connectivity index is 2.05. The Hall–Kier alpha value is -0.930. The van der Waals surface area contributed by atoms with Gasteiger partial charge in [-0.25, -0.2) is 4.39 Å². The molecule has 1 aromatic carbocycles. The first-order chi connectivity index (χ1) is 9.74. The minimum atomic E-state index is -0.0756. The Morgan fingerprint density at radius 2 is 1.95 bits per heavy atom. The molecule has 1 aromatic rings. The van der Waals surface area contributed by atoms with E-state index in [0.717, 1.165) is 25.2 Å². The minimum absolute atomic E-state index is 0.0756. The van der Waals surface area contributed by atoms with Crippen LogP contribution in [0, 0.1) is 5.82 Å². The van der Waals surface area contributed by atoms with Crippen LogP contribution in [0.5, 0.6) is 0 Å². The lowest BCUT2D eigenvalue weighted by Crippen LogP contribution is -2.55. The molecule has 1 saturated heterocycles. The maximum Gasteiger partial charge on any atom is 0.127 e. The lowest BCUT2D eigenvalue weighted by atomic mass is 10.0. The molecule has 2 rings (SSSR count). The summed E-state index contributed by atoms with van der Waals surface area (Å²) in [5, 5.41) is 3.65. The van der Waals surface area contributed by atoms with Gasteiger partial charge in [0, 0.05) is 37.3 Å². The van der Waals surface area contributed by atoms with Crippen molar-refractivity contribution in [3.8, 4) is 0 Å². The Morgan fingerprint density at radius 3 is 2.65 bits per heavy atom. The van der Waals surface area contributed by atoms with Crippen LogP contribution in [-0.4, -0.2) is 30.1 Å². The van der Waals surface area contributed by atoms with Gasteiger partial charge in [-0.1, -0.05) is 44.9 Å². The molecule has 1 aliphatic heterocycles. The maximum absolute atomic E-state index is 13.9. The second-order valence-electron chi connectivity index (χ2n) is 5.86. The molecule has 0 amide bonds. The zero-order chi connectivity index (χ0) is 14.4. The smallest absolute Gasteiger partial charge is 0.127 e. The van der Waals surface area contributed by atoms with E-state index in [1.807, 2.05) is 12.1 Å². The molecule has 20 heavy (non-hydrogen) atoms. The molecule has 1 aliphatic rings. The highest BCUT2D eigenvalue weighted by Crippen LogP contribution is 2.19. The van der Waals surface area contributed by atoms with Gasteiger partial charge < -0.3 is 5.32 Å². The summed E-state index contributed by atoms with van der Waals surface area (Å²) < 4.78 is 13.9. The SMILES string of the molecule is CCCC1CN(Cc2ccccc2F)C(CCC)CN1. The average Bonchev–Trinajstić information content (AvgIpc) is 2.45. The van der Waals surface area contributed by atoms with Crippen LogP contribution in [-0.2, 0) is 6.54 Å². The summed E-state index contributed by atoms with van der Waals surface area (Å²) in [4.78, 5) is 2.47. The summed E-state index contributed by atoms with van der Waals surface area (Å²) in [6.45, 7) is 7.25. The van der Waals surface area contributed by atoms with Crippen LogP contribution in [0.3, 0.4) is 0 Å². The Kier molecular flexibility index (Phi) is 5.99. The predicted molar refractivity (Wildman–Crippen MR) is 82.2 cm³/mol. The van der Waals surface area contributed by atoms with Gasteiger partial charge in [-0.3, -0.25) is 4.90 Å². The van der Waals surface area contributed by atoms with E-state index in [1.54, 1.807) is 12.1 Å². The van der Waals surface area contributed by atoms with Crippen LogP contribution in [0.25, 0.3) is 0 Å². The molecule has 2 nitrogen and oxygen atoms in total. The number of rotatable bonds is 6. The highest BCUT2D eigenvalue weighted by atomic mass is 19.1. The van der Waals surface area contributed by atoms with Crippen molar-refractivity contribution < 1.29 is 4.39 Å². The molecule has 0 spiro atoms. The summed E-state index contributed by atoms with van der Waals surface area (Å²) >= 11 is 0. The van der Waals surface area contributed by atoms with E-state index in [1.165, 1.54) is 25.7 Å². The Morgan fingerprint density at radius 1 is 1.20 bits per heavy atom. The highest BCUT2D eigenvalue weighted by molar-refractivity contribution is 5.17. The van der Waals surface area contributed by atoms with Crippen LogP contribution < -0.4 is 5.32 Å². The second-order valence-corrected chi connectivity index (χ2v) is 5.86. The molecule has 2 unspecified atom stereocenters. The molecule has 1 fully saturated rings. The second kappa shape index (κ2) is 7.75. The Labute approximate surface area is 122 Å². The molecule has 0 bridgehead atoms. The van der Waals surface area contributed by atoms with Crippen molar-refractivity contribution in [2.24, 2.45) is 0 Å². The first-order valence-electron chi connectivity index (χ1n) is 7.95. The van der Waals surface area contributed by atoms with E-state index in [0.29, 0.717) is 12.1 Å². The predicted octanol–water partition coefficient (Wildman–Crippen LogP) is 3.57. The number of benzene rings is 1. The molecule has 0 aliphatic carbocycles. The lowest BCUT2D eigenvalue weighted by molar-refractivity contribution is 0.110. The van der Waals surface area contributed by atoms with Crippen molar-refractivity contribution in [1.29, 1.82) is 0 Å². The van der Waals surface area contributed by atoms with Gasteiger partial charge in [0.15, 0.2) is 0 Å². The van der Waals surface area contributed by atoms with Crippen molar-refractivity contribution in [2.75, 3.05) is 13.1 Å². The van der Waals surface area contributed by atoms with Crippen LogP contribution in [0.1, 0.15) is 45.1 Å². The third kappa shape index (κ3) is 4.03. The molecule has 0 saturated carbocycles. The van der Waals surface area contributed by atoms with Crippen molar-refractivity contribution in [2.45, 2.75) is 58.2 Å². The van der Waals surface area contributed by atoms with Crippen molar-refractivity contribution >= 4 is 0 Å². The van der Waals surface area contributed by atoms with Gasteiger partial charge in [0.1, 0.15) is 5.82 Å². The first-order valence-corrected chi connectivity index (χ1v) is 7.95. The van der Waals surface area contributed by atoms with E-state index in [4.69, 9.17) is 0 Å². The monoisotopic (exact) mass is 278 g/mol. The zero-order valence-electron chi connectivity index (χ0n) is 12.7. The molecule has 0 aromatic heterocycles. The van der Waals surface area contributed by atoms with Crippen molar-refractivity contribution in [3.63, 3.8) is 0 Å². The fourth-order valence-corrected chi connectivity index (χ4v) is 3.13. The van der Waals surface area contributed by atoms with Crippen LogP contribution in [0.15, 0.2) is 24.3 Å². The van der Waals surface area contributed by atoms with Gasteiger partial charge in [-0.2, -0.15) is 0 Å². The van der Waals surface area contributed by atoms with Gasteiger partial charge in [0.2, 0.25) is 0 Å². The van der Waals surface area contributed by atoms with E-state index in [-0.39, 0.29) is 5.82 Å². The fourth-order valence-electron chi connectivity index (χ4n) is 3.13. The van der Waals surface area contributed by atoms with Gasteiger partial charge in [0.05, 0.1) is 0 Å². The quantitative estimate of drug-likeness (QED) is 0.856. The summed E-state index contributed by atoms with van der Waals surface area (Å²) in [7, 11) is 0. The van der Waals surface area contributed by atoms with Crippen molar-refractivity contribution in [1.82, 2.24) is 10.2 Å². The van der Waals surface area contributed by atoms with Gasteiger partial charge in [-0.15, -0.1) is 0 Å². The highest BCUT2D eigenvalue weighted by Gasteiger charge is 2.27. The van der Waals surface area contributed by atoms with Crippen molar-refractivity contribution in [3.05, 3.63) is 35.6 Å². The number of nitrogens with one attached hydrogen (secondary N) is 1. The number of halogens is 1. The number of piperazine rings is 1. The molecule has 1 heterocycles. The molecule has 2 atom stereocenters. The summed E-state index contributed by atoms with van der Waals surface area (Å²) in [5.41, 5.74) is 0.825. The fraction of sp³-hybridized carbons (Fsp3) is 0.647. The molecule has 0 radical (unpaired) electrons. The zero-order valence-corrected chi connectivity index (χ0v) is 12.7. The molecule has 1 N–H and O–H groups in total. The van der Waals surface area contributed by atoms with Gasteiger partial charge >= 0.3 is 0 Å². The normalized spacial score (nSPS) is 23.9. The lowest BCUT2D eigenvalue weighted by Gasteiger charge is -2.40. The summed E-state index contributed by atoms with van der Waals surface area (Å²) in [6, 6.07) is 8.26. The van der Waals surface area contributed by atoms with Crippen LogP contribution in [0.4, 0.5) is 4.39 Å². The van der Waals surface area contributed by atoms with E-state index < -0.39 is 0 Å². The molecular weight excluding hydrogens is 251 g/mol. The molecular formula is C17H27FN2. The van der Waals surface area contributed by atoms with E-state index >= 15 is 0 Å². The first kappa shape index (κ1) is 15.5. The topological polar surface area (TPSA) is 15.3 Å². The largest absolute Gasteiger partial charge is 0.311 e. The standard InChI is InChI=1S/C17H27FN2/c1-3-7-15-13-20(16(8-4-2)11-19-15)12-14-9-5-6-10-17(14)18/h5-6,9-10,15-16,19H,3-4,7-8,11-13H2,1-2H3. The third-order valence-corrected chi connectivity index (χ3v) is 4.20. The molecule has 3 heteroatoms. The van der Waals surface area contributed by atoms with E-state index in [9.17, 15) is 4.39 Å². The van der Waals surface area contributed by atoms with Gasteiger partial charge in [-0.05, 0) is 18.9 Å². The molecule has 112 valence electrons. The van der Waals surface area contributed by atoms with Gasteiger partial charge in [0.25, 0.3) is 0 Å². The Bertz CT molecular complexity index is 408. The van der Waals surface area contributed by atoms with Crippen LogP contribution in [0.2, 0.25) is 0 Å². The third-order valence-electron chi connectivity index (χ3n) is 4.20. The van der Waals surface area contributed by atoms with E-state index in [2.05, 4.69) is 24.1 Å². The number of hydrogen-bond donors (Lipinski definition) is 1. The maximum atomic E-state index is 13.9. The minimum Gasteiger partial charge on any atom is -0.311 e. The number of nitrogens with zero attached hydrogens (tertiary/aromatic N) is 1. The summed E-state index contributed by atoms with van der Waals surface area (Å²) in [5.74, 6) is -0.0756.